The molecule has 0 saturated carbocycles. The molecule has 4 rings (SSSR count). The van der Waals surface area contributed by atoms with E-state index in [0.29, 0.717) is 16.9 Å². The summed E-state index contributed by atoms with van der Waals surface area (Å²) in [6, 6.07) is 23.9. The van der Waals surface area contributed by atoms with E-state index in [0.717, 1.165) is 21.2 Å². The summed E-state index contributed by atoms with van der Waals surface area (Å²) in [5.41, 5.74) is 1.71. The number of carbonyl (C=O) groups excluding carboxylic acids is 1. The second kappa shape index (κ2) is 8.09. The van der Waals surface area contributed by atoms with Gasteiger partial charge in [-0.05, 0) is 40.6 Å². The first-order chi connectivity index (χ1) is 14.1. The van der Waals surface area contributed by atoms with Crippen molar-refractivity contribution in [2.24, 2.45) is 0 Å². The van der Waals surface area contributed by atoms with E-state index in [-0.39, 0.29) is 11.5 Å². The number of thiophene rings is 1. The molecular weight excluding hydrogens is 382 g/mol. The summed E-state index contributed by atoms with van der Waals surface area (Å²) < 4.78 is 0. The molecule has 0 N–H and O–H groups in total. The first-order valence-corrected chi connectivity index (χ1v) is 9.77. The average Bonchev–Trinajstić information content (AvgIpc) is 3.22. The molecule has 0 aliphatic heterocycles. The Morgan fingerprint density at radius 2 is 1.66 bits per heavy atom. The van der Waals surface area contributed by atoms with Crippen LogP contribution in [0.15, 0.2) is 78.9 Å². The smallest absolute Gasteiger partial charge is 0.269 e. The van der Waals surface area contributed by atoms with Crippen molar-refractivity contribution in [2.45, 2.75) is 6.42 Å². The van der Waals surface area contributed by atoms with Crippen LogP contribution in [0, 0.1) is 22.0 Å². The van der Waals surface area contributed by atoms with Gasteiger partial charge in [-0.3, -0.25) is 14.9 Å². The van der Waals surface area contributed by atoms with Crippen LogP contribution in [-0.4, -0.2) is 10.7 Å². The number of hydrogen-bond donors (Lipinski definition) is 0. The monoisotopic (exact) mass is 397 g/mol. The summed E-state index contributed by atoms with van der Waals surface area (Å²) in [6.07, 6.45) is 0.348. The van der Waals surface area contributed by atoms with Gasteiger partial charge in [0.25, 0.3) is 5.69 Å². The lowest BCUT2D eigenvalue weighted by Crippen LogP contribution is -2.00. The fraction of sp³-hybridized carbons (Fsp3) is 0.0417. The fourth-order valence-electron chi connectivity index (χ4n) is 2.98. The van der Waals surface area contributed by atoms with Gasteiger partial charge in [0.1, 0.15) is 0 Å². The number of benzene rings is 3. The Balaban J connectivity index is 1.46. The molecule has 1 heterocycles. The molecule has 140 valence electrons. The van der Waals surface area contributed by atoms with Crippen molar-refractivity contribution < 1.29 is 9.72 Å². The highest BCUT2D eigenvalue weighted by molar-refractivity contribution is 7.14. The van der Waals surface area contributed by atoms with E-state index in [1.54, 1.807) is 18.2 Å². The van der Waals surface area contributed by atoms with Gasteiger partial charge in [0.05, 0.1) is 14.7 Å². The molecule has 4 aromatic rings. The van der Waals surface area contributed by atoms with Gasteiger partial charge in [-0.2, -0.15) is 0 Å². The minimum Gasteiger partial charge on any atom is -0.293 e. The quantitative estimate of drug-likeness (QED) is 0.194. The lowest BCUT2D eigenvalue weighted by molar-refractivity contribution is -0.384. The summed E-state index contributed by atoms with van der Waals surface area (Å²) in [5.74, 6) is 6.06. The van der Waals surface area contributed by atoms with Crippen LogP contribution < -0.4 is 0 Å². The number of Topliss-reactive ketones (excluding diaryl/α,β-unsaturated/α-hetero) is 1. The highest BCUT2D eigenvalue weighted by Crippen LogP contribution is 2.21. The highest BCUT2D eigenvalue weighted by Gasteiger charge is 2.10. The Morgan fingerprint density at radius 1 is 0.897 bits per heavy atom. The van der Waals surface area contributed by atoms with E-state index >= 15 is 0 Å². The standard InChI is InChI=1S/C24H15NO3S/c26-23(16-18-5-9-19-3-1-2-4-20(19)15-18)24-14-13-22(29-24)12-8-17-6-10-21(11-7-17)25(27)28/h1-7,9-11,13-15H,16H2. The Labute approximate surface area is 171 Å². The summed E-state index contributed by atoms with van der Waals surface area (Å²) in [6.45, 7) is 0. The van der Waals surface area contributed by atoms with E-state index in [1.165, 1.54) is 23.5 Å². The van der Waals surface area contributed by atoms with Gasteiger partial charge in [0.15, 0.2) is 5.78 Å². The van der Waals surface area contributed by atoms with Gasteiger partial charge in [-0.1, -0.05) is 54.3 Å². The maximum Gasteiger partial charge on any atom is 0.269 e. The molecule has 0 fully saturated rings. The van der Waals surface area contributed by atoms with Crippen LogP contribution in [-0.2, 0) is 6.42 Å². The lowest BCUT2D eigenvalue weighted by Gasteiger charge is -2.02. The number of hydrogen-bond acceptors (Lipinski definition) is 4. The van der Waals surface area contributed by atoms with Crippen molar-refractivity contribution in [3.05, 3.63) is 110 Å². The fourth-order valence-corrected chi connectivity index (χ4v) is 3.77. The van der Waals surface area contributed by atoms with Crippen LogP contribution in [0.5, 0.6) is 0 Å². The number of nitro groups is 1. The first kappa shape index (κ1) is 18.6. The van der Waals surface area contributed by atoms with E-state index < -0.39 is 4.92 Å². The third-order valence-corrected chi connectivity index (χ3v) is 5.51. The molecule has 0 aliphatic carbocycles. The number of nitro benzene ring substituents is 1. The zero-order valence-corrected chi connectivity index (χ0v) is 16.1. The van der Waals surface area contributed by atoms with Crippen molar-refractivity contribution in [2.75, 3.05) is 0 Å². The topological polar surface area (TPSA) is 60.2 Å². The van der Waals surface area contributed by atoms with E-state index in [1.807, 2.05) is 36.4 Å². The van der Waals surface area contributed by atoms with E-state index in [2.05, 4.69) is 24.0 Å². The number of carbonyl (C=O) groups is 1. The predicted octanol–water partition coefficient (Wildman–Crippen LogP) is 5.63. The second-order valence-electron chi connectivity index (χ2n) is 6.50. The minimum atomic E-state index is -0.441. The molecule has 0 bridgehead atoms. The van der Waals surface area contributed by atoms with Crippen LogP contribution in [0.25, 0.3) is 10.8 Å². The van der Waals surface area contributed by atoms with Crippen molar-refractivity contribution in [3.8, 4) is 11.8 Å². The second-order valence-corrected chi connectivity index (χ2v) is 7.58. The summed E-state index contributed by atoms with van der Waals surface area (Å²) in [5, 5.41) is 13.0. The van der Waals surface area contributed by atoms with Gasteiger partial charge in [-0.15, -0.1) is 11.3 Å². The van der Waals surface area contributed by atoms with Gasteiger partial charge < -0.3 is 0 Å². The van der Waals surface area contributed by atoms with Crippen LogP contribution in [0.3, 0.4) is 0 Å². The van der Waals surface area contributed by atoms with E-state index in [9.17, 15) is 14.9 Å². The Bertz CT molecular complexity index is 1280. The maximum atomic E-state index is 12.6. The Hall–Kier alpha value is -3.75. The van der Waals surface area contributed by atoms with Crippen LogP contribution in [0.4, 0.5) is 5.69 Å². The number of nitrogens with zero attached hydrogens (tertiary/aromatic N) is 1. The SMILES string of the molecule is O=C(Cc1ccc2ccccc2c1)c1ccc(C#Cc2ccc([N+](=O)[O-])cc2)s1. The van der Waals surface area contributed by atoms with Gasteiger partial charge in [0, 0.05) is 24.1 Å². The molecule has 0 saturated heterocycles. The first-order valence-electron chi connectivity index (χ1n) is 8.96. The third kappa shape index (κ3) is 4.40. The third-order valence-electron chi connectivity index (χ3n) is 4.47. The summed E-state index contributed by atoms with van der Waals surface area (Å²) in [4.78, 5) is 24.3. The van der Waals surface area contributed by atoms with Crippen molar-refractivity contribution >= 4 is 33.6 Å². The molecule has 0 amide bonds. The molecule has 0 radical (unpaired) electrons. The van der Waals surface area contributed by atoms with Gasteiger partial charge in [0.2, 0.25) is 0 Å². The normalized spacial score (nSPS) is 10.3. The summed E-state index contributed by atoms with van der Waals surface area (Å²) >= 11 is 1.36. The van der Waals surface area contributed by atoms with Gasteiger partial charge >= 0.3 is 0 Å². The van der Waals surface area contributed by atoms with Gasteiger partial charge in [-0.25, -0.2) is 0 Å². The molecule has 1 aromatic heterocycles. The minimum absolute atomic E-state index is 0.0354. The maximum absolute atomic E-state index is 12.6. The molecule has 0 unspecified atom stereocenters. The van der Waals surface area contributed by atoms with Crippen LogP contribution in [0.1, 0.15) is 25.7 Å². The molecule has 0 spiro atoms. The molecular formula is C24H15NO3S. The Morgan fingerprint density at radius 3 is 2.41 bits per heavy atom. The van der Waals surface area contributed by atoms with Crippen molar-refractivity contribution in [3.63, 3.8) is 0 Å². The number of non-ortho nitro benzene ring substituents is 1. The average molecular weight is 397 g/mol. The molecule has 0 aliphatic rings. The van der Waals surface area contributed by atoms with Crippen molar-refractivity contribution in [1.29, 1.82) is 0 Å². The molecule has 5 heteroatoms. The van der Waals surface area contributed by atoms with E-state index in [4.69, 9.17) is 0 Å². The van der Waals surface area contributed by atoms with Crippen LogP contribution >= 0.6 is 11.3 Å². The zero-order valence-electron chi connectivity index (χ0n) is 15.3. The lowest BCUT2D eigenvalue weighted by atomic mass is 10.0. The van der Waals surface area contributed by atoms with Crippen LogP contribution in [0.2, 0.25) is 0 Å². The zero-order chi connectivity index (χ0) is 20.2. The Kier molecular flexibility index (Phi) is 5.19. The molecule has 0 atom stereocenters. The number of fused-ring (bicyclic) bond motifs is 1. The number of ketones is 1. The molecule has 4 nitrogen and oxygen atoms in total. The highest BCUT2D eigenvalue weighted by atomic mass is 32.1. The van der Waals surface area contributed by atoms with Crippen molar-refractivity contribution in [1.82, 2.24) is 0 Å². The molecule has 29 heavy (non-hydrogen) atoms. The number of rotatable bonds is 4. The summed E-state index contributed by atoms with van der Waals surface area (Å²) in [7, 11) is 0. The largest absolute Gasteiger partial charge is 0.293 e. The predicted molar refractivity (Wildman–Crippen MR) is 115 cm³/mol. The molecule has 3 aromatic carbocycles.